The number of piperidine rings is 1. The van der Waals surface area contributed by atoms with Gasteiger partial charge >= 0.3 is 6.03 Å². The van der Waals surface area contributed by atoms with Crippen LogP contribution in [0.3, 0.4) is 0 Å². The van der Waals surface area contributed by atoms with Crippen molar-refractivity contribution < 1.29 is 13.9 Å². The van der Waals surface area contributed by atoms with Crippen molar-refractivity contribution in [1.82, 2.24) is 20.2 Å². The largest absolute Gasteiger partial charge is 0.489 e. The first kappa shape index (κ1) is 17.3. The minimum atomic E-state index is -0.301. The Bertz CT molecular complexity index is 675. The summed E-state index contributed by atoms with van der Waals surface area (Å²) in [4.78, 5) is 21.6. The average Bonchev–Trinajstić information content (AvgIpc) is 3.16. The lowest BCUT2D eigenvalue weighted by Gasteiger charge is -2.32. The molecule has 134 valence electrons. The van der Waals surface area contributed by atoms with Crippen molar-refractivity contribution in [1.29, 1.82) is 0 Å². The zero-order valence-corrected chi connectivity index (χ0v) is 14.2. The predicted octanol–water partition coefficient (Wildman–Crippen LogP) is 2.91. The number of halogens is 1. The summed E-state index contributed by atoms with van der Waals surface area (Å²) in [5, 5.41) is 2.91. The molecule has 0 spiro atoms. The van der Waals surface area contributed by atoms with E-state index in [-0.39, 0.29) is 23.9 Å². The number of urea groups is 1. The molecule has 2 amide bonds. The summed E-state index contributed by atoms with van der Waals surface area (Å²) >= 11 is 0. The van der Waals surface area contributed by atoms with Crippen molar-refractivity contribution in [2.45, 2.75) is 31.8 Å². The van der Waals surface area contributed by atoms with Crippen molar-refractivity contribution in [3.63, 3.8) is 0 Å². The third-order valence-electron chi connectivity index (χ3n) is 4.31. The van der Waals surface area contributed by atoms with Gasteiger partial charge in [0.25, 0.3) is 0 Å². The molecule has 1 fully saturated rings. The Morgan fingerprint density at radius 1 is 1.48 bits per heavy atom. The van der Waals surface area contributed by atoms with E-state index in [1.54, 1.807) is 18.3 Å². The fourth-order valence-electron chi connectivity index (χ4n) is 3.02. The summed E-state index contributed by atoms with van der Waals surface area (Å²) < 4.78 is 18.6. The molecule has 0 bridgehead atoms. The number of carbonyl (C=O) groups excluding carboxylic acids is 1. The zero-order valence-electron chi connectivity index (χ0n) is 14.2. The Morgan fingerprint density at radius 3 is 3.00 bits per heavy atom. The van der Waals surface area contributed by atoms with Crippen molar-refractivity contribution in [2.75, 3.05) is 19.6 Å². The zero-order chi connectivity index (χ0) is 17.6. The molecule has 7 heteroatoms. The number of amides is 2. The average molecular weight is 346 g/mol. The molecule has 25 heavy (non-hydrogen) atoms. The van der Waals surface area contributed by atoms with Gasteiger partial charge in [0, 0.05) is 31.4 Å². The van der Waals surface area contributed by atoms with Crippen LogP contribution in [-0.4, -0.2) is 46.6 Å². The first-order chi connectivity index (χ1) is 12.1. The van der Waals surface area contributed by atoms with Crippen molar-refractivity contribution in [3.05, 3.63) is 48.3 Å². The summed E-state index contributed by atoms with van der Waals surface area (Å²) in [5.74, 6) is 1.47. The maximum atomic E-state index is 12.9. The SMILES string of the molecule is CC(CNC(=O)N1CCCC(c2ncc[nH]2)C1)Oc1ccc(F)cc1. The number of imidazole rings is 1. The molecule has 2 aromatic rings. The number of nitrogens with one attached hydrogen (secondary N) is 2. The molecule has 0 aliphatic carbocycles. The van der Waals surface area contributed by atoms with Crippen LogP contribution in [-0.2, 0) is 0 Å². The van der Waals surface area contributed by atoms with Crippen LogP contribution in [0.15, 0.2) is 36.7 Å². The molecule has 2 N–H and O–H groups in total. The first-order valence-electron chi connectivity index (χ1n) is 8.56. The van der Waals surface area contributed by atoms with Gasteiger partial charge in [0.2, 0.25) is 0 Å². The molecule has 1 aliphatic heterocycles. The minimum Gasteiger partial charge on any atom is -0.489 e. The monoisotopic (exact) mass is 346 g/mol. The van der Waals surface area contributed by atoms with Gasteiger partial charge in [-0.05, 0) is 44.0 Å². The van der Waals surface area contributed by atoms with Gasteiger partial charge in [0.05, 0.1) is 6.54 Å². The number of hydrogen-bond acceptors (Lipinski definition) is 3. The lowest BCUT2D eigenvalue weighted by molar-refractivity contribution is 0.168. The molecule has 0 saturated carbocycles. The number of hydrogen-bond donors (Lipinski definition) is 2. The highest BCUT2D eigenvalue weighted by Gasteiger charge is 2.26. The molecule has 1 aliphatic rings. The summed E-state index contributed by atoms with van der Waals surface area (Å²) in [6, 6.07) is 5.76. The highest BCUT2D eigenvalue weighted by molar-refractivity contribution is 5.74. The normalized spacial score (nSPS) is 18.6. The number of benzene rings is 1. The number of H-pyrrole nitrogens is 1. The third-order valence-corrected chi connectivity index (χ3v) is 4.31. The lowest BCUT2D eigenvalue weighted by Crippen LogP contribution is -2.47. The standard InChI is InChI=1S/C18H23FN4O2/c1-13(25-16-6-4-15(19)5-7-16)11-22-18(24)23-10-2-3-14(12-23)17-20-8-9-21-17/h4-9,13-14H,2-3,10-12H2,1H3,(H,20,21)(H,22,24). The van der Waals surface area contributed by atoms with E-state index in [4.69, 9.17) is 4.74 Å². The van der Waals surface area contributed by atoms with E-state index in [9.17, 15) is 9.18 Å². The Kier molecular flexibility index (Phi) is 5.53. The molecule has 1 aromatic heterocycles. The fourth-order valence-corrected chi connectivity index (χ4v) is 3.02. The van der Waals surface area contributed by atoms with Crippen LogP contribution in [0.1, 0.15) is 31.5 Å². The van der Waals surface area contributed by atoms with Crippen LogP contribution in [0.5, 0.6) is 5.75 Å². The lowest BCUT2D eigenvalue weighted by atomic mass is 9.98. The minimum absolute atomic E-state index is 0.0918. The summed E-state index contributed by atoms with van der Waals surface area (Å²) in [6.07, 6.45) is 5.33. The van der Waals surface area contributed by atoms with E-state index < -0.39 is 0 Å². The van der Waals surface area contributed by atoms with Crippen LogP contribution >= 0.6 is 0 Å². The highest BCUT2D eigenvalue weighted by Crippen LogP contribution is 2.24. The number of likely N-dealkylation sites (tertiary alicyclic amines) is 1. The topological polar surface area (TPSA) is 70.2 Å². The molecular weight excluding hydrogens is 323 g/mol. The summed E-state index contributed by atoms with van der Waals surface area (Å²) in [5.41, 5.74) is 0. The number of rotatable bonds is 5. The molecule has 2 atom stereocenters. The van der Waals surface area contributed by atoms with Crippen LogP contribution < -0.4 is 10.1 Å². The third kappa shape index (κ3) is 4.71. The maximum absolute atomic E-state index is 12.9. The van der Waals surface area contributed by atoms with Crippen LogP contribution in [0, 0.1) is 5.82 Å². The van der Waals surface area contributed by atoms with Gasteiger partial charge in [-0.15, -0.1) is 0 Å². The second kappa shape index (κ2) is 8.00. The van der Waals surface area contributed by atoms with Gasteiger partial charge in [0.1, 0.15) is 23.5 Å². The number of aromatic amines is 1. The smallest absolute Gasteiger partial charge is 0.317 e. The molecule has 0 radical (unpaired) electrons. The molecular formula is C18H23FN4O2. The van der Waals surface area contributed by atoms with E-state index in [0.29, 0.717) is 18.8 Å². The van der Waals surface area contributed by atoms with Gasteiger partial charge in [-0.25, -0.2) is 14.2 Å². The first-order valence-corrected chi connectivity index (χ1v) is 8.56. The highest BCUT2D eigenvalue weighted by atomic mass is 19.1. The number of aromatic nitrogens is 2. The van der Waals surface area contributed by atoms with Crippen molar-refractivity contribution >= 4 is 6.03 Å². The number of carbonyl (C=O) groups is 1. The predicted molar refractivity (Wildman–Crippen MR) is 92.0 cm³/mol. The van der Waals surface area contributed by atoms with Gasteiger partial charge in [0.15, 0.2) is 0 Å². The molecule has 3 rings (SSSR count). The van der Waals surface area contributed by atoms with Crippen LogP contribution in [0.2, 0.25) is 0 Å². The number of nitrogens with zero attached hydrogens (tertiary/aromatic N) is 2. The Labute approximate surface area is 146 Å². The van der Waals surface area contributed by atoms with Gasteiger partial charge in [-0.1, -0.05) is 0 Å². The number of ether oxygens (including phenoxy) is 1. The van der Waals surface area contributed by atoms with Gasteiger partial charge < -0.3 is 19.9 Å². The Morgan fingerprint density at radius 2 is 2.28 bits per heavy atom. The molecule has 2 heterocycles. The maximum Gasteiger partial charge on any atom is 0.317 e. The molecule has 1 saturated heterocycles. The van der Waals surface area contributed by atoms with Crippen molar-refractivity contribution in [3.8, 4) is 5.75 Å². The molecule has 2 unspecified atom stereocenters. The van der Waals surface area contributed by atoms with Crippen LogP contribution in [0.25, 0.3) is 0 Å². The summed E-state index contributed by atoms with van der Waals surface area (Å²) in [7, 11) is 0. The van der Waals surface area contributed by atoms with E-state index in [1.807, 2.05) is 18.0 Å². The van der Waals surface area contributed by atoms with E-state index in [0.717, 1.165) is 25.2 Å². The van der Waals surface area contributed by atoms with Gasteiger partial charge in [-0.3, -0.25) is 0 Å². The van der Waals surface area contributed by atoms with Crippen molar-refractivity contribution in [2.24, 2.45) is 0 Å². The fraction of sp³-hybridized carbons (Fsp3) is 0.444. The van der Waals surface area contributed by atoms with E-state index >= 15 is 0 Å². The Hall–Kier alpha value is -2.57. The molecule has 6 nitrogen and oxygen atoms in total. The quantitative estimate of drug-likeness (QED) is 0.874. The van der Waals surface area contributed by atoms with Crippen LogP contribution in [0.4, 0.5) is 9.18 Å². The van der Waals surface area contributed by atoms with Gasteiger partial charge in [-0.2, -0.15) is 0 Å². The Balaban J connectivity index is 1.46. The second-order valence-electron chi connectivity index (χ2n) is 6.33. The van der Waals surface area contributed by atoms with E-state index in [1.165, 1.54) is 12.1 Å². The second-order valence-corrected chi connectivity index (χ2v) is 6.33. The van der Waals surface area contributed by atoms with E-state index in [2.05, 4.69) is 15.3 Å². The molecule has 1 aromatic carbocycles. The summed E-state index contributed by atoms with van der Waals surface area (Å²) in [6.45, 7) is 3.66.